The van der Waals surface area contributed by atoms with Crippen LogP contribution in [0.5, 0.6) is 0 Å². The minimum Gasteiger partial charge on any atom is -0.468 e. The Labute approximate surface area is 105 Å². The first kappa shape index (κ1) is 11.9. The van der Waals surface area contributed by atoms with E-state index < -0.39 is 0 Å². The maximum atomic E-state index is 10.9. The van der Waals surface area contributed by atoms with E-state index in [0.717, 1.165) is 16.8 Å². The zero-order valence-electron chi connectivity index (χ0n) is 9.93. The summed E-state index contributed by atoms with van der Waals surface area (Å²) in [6.07, 6.45) is 1.72. The minimum atomic E-state index is -0.341. The number of esters is 1. The number of aromatic amines is 1. The monoisotopic (exact) mass is 240 g/mol. The van der Waals surface area contributed by atoms with Gasteiger partial charge in [0.15, 0.2) is 0 Å². The summed E-state index contributed by atoms with van der Waals surface area (Å²) in [7, 11) is 1.34. The summed E-state index contributed by atoms with van der Waals surface area (Å²) in [5, 5.41) is 6.88. The third kappa shape index (κ3) is 2.77. The van der Waals surface area contributed by atoms with E-state index in [-0.39, 0.29) is 12.4 Å². The van der Waals surface area contributed by atoms with Crippen molar-refractivity contribution in [2.75, 3.05) is 7.11 Å². The Balaban J connectivity index is 2.21. The van der Waals surface area contributed by atoms with E-state index in [9.17, 15) is 4.79 Å². The van der Waals surface area contributed by atoms with Gasteiger partial charge in [0, 0.05) is 5.56 Å². The number of methoxy groups -OCH3 is 1. The highest BCUT2D eigenvalue weighted by molar-refractivity contribution is 5.73. The van der Waals surface area contributed by atoms with Gasteiger partial charge in [-0.1, -0.05) is 42.2 Å². The summed E-state index contributed by atoms with van der Waals surface area (Å²) in [5.74, 6) is 5.34. The molecule has 2 rings (SSSR count). The Bertz CT molecular complexity index is 591. The SMILES string of the molecule is COC(=O)CC#Cc1cn[nH]c1-c1ccccc1. The van der Waals surface area contributed by atoms with Gasteiger partial charge in [-0.25, -0.2) is 0 Å². The molecule has 0 amide bonds. The van der Waals surface area contributed by atoms with Crippen molar-refractivity contribution in [2.45, 2.75) is 6.42 Å². The normalized spacial score (nSPS) is 9.39. The lowest BCUT2D eigenvalue weighted by molar-refractivity contribution is -0.139. The molecule has 0 spiro atoms. The van der Waals surface area contributed by atoms with Crippen LogP contribution < -0.4 is 0 Å². The van der Waals surface area contributed by atoms with Gasteiger partial charge < -0.3 is 4.74 Å². The maximum Gasteiger partial charge on any atom is 0.317 e. The Morgan fingerprint density at radius 3 is 2.89 bits per heavy atom. The van der Waals surface area contributed by atoms with Crippen molar-refractivity contribution in [2.24, 2.45) is 0 Å². The number of benzene rings is 1. The van der Waals surface area contributed by atoms with Crippen molar-refractivity contribution >= 4 is 5.97 Å². The lowest BCUT2D eigenvalue weighted by atomic mass is 10.1. The fourth-order valence-electron chi connectivity index (χ4n) is 1.49. The standard InChI is InChI=1S/C14H12N2O2/c1-18-13(17)9-5-8-12-10-15-16-14(12)11-6-3-2-4-7-11/h2-4,6-7,10H,9H2,1H3,(H,15,16). The molecule has 4 nitrogen and oxygen atoms in total. The van der Waals surface area contributed by atoms with Crippen LogP contribution in [-0.2, 0) is 9.53 Å². The molecule has 1 aromatic carbocycles. The molecular formula is C14H12N2O2. The summed E-state index contributed by atoms with van der Waals surface area (Å²) in [6.45, 7) is 0. The van der Waals surface area contributed by atoms with Crippen molar-refractivity contribution in [3.63, 3.8) is 0 Å². The van der Waals surface area contributed by atoms with Crippen molar-refractivity contribution in [1.82, 2.24) is 10.2 Å². The first-order valence-electron chi connectivity index (χ1n) is 5.45. The van der Waals surface area contributed by atoms with Gasteiger partial charge in [-0.15, -0.1) is 0 Å². The van der Waals surface area contributed by atoms with Gasteiger partial charge in [0.05, 0.1) is 24.6 Å². The summed E-state index contributed by atoms with van der Waals surface area (Å²) in [5.41, 5.74) is 2.63. The molecule has 1 aromatic heterocycles. The Morgan fingerprint density at radius 1 is 1.39 bits per heavy atom. The fraction of sp³-hybridized carbons (Fsp3) is 0.143. The van der Waals surface area contributed by atoms with E-state index >= 15 is 0 Å². The van der Waals surface area contributed by atoms with E-state index in [1.165, 1.54) is 7.11 Å². The molecule has 0 radical (unpaired) electrons. The zero-order chi connectivity index (χ0) is 12.8. The number of nitrogens with one attached hydrogen (secondary N) is 1. The number of rotatable bonds is 2. The lowest BCUT2D eigenvalue weighted by Gasteiger charge is -1.97. The average molecular weight is 240 g/mol. The Kier molecular flexibility index (Phi) is 3.77. The average Bonchev–Trinajstić information content (AvgIpc) is 2.88. The number of carbonyl (C=O) groups is 1. The number of hydrogen-bond donors (Lipinski definition) is 1. The second-order valence-electron chi connectivity index (χ2n) is 3.58. The smallest absolute Gasteiger partial charge is 0.317 e. The molecule has 0 unspecified atom stereocenters. The molecule has 2 aromatic rings. The summed E-state index contributed by atoms with van der Waals surface area (Å²) in [6, 6.07) is 9.78. The molecule has 0 aliphatic heterocycles. The number of aromatic nitrogens is 2. The van der Waals surface area contributed by atoms with E-state index in [2.05, 4.69) is 26.8 Å². The van der Waals surface area contributed by atoms with Crippen molar-refractivity contribution in [1.29, 1.82) is 0 Å². The highest BCUT2D eigenvalue weighted by Gasteiger charge is 2.04. The second-order valence-corrected chi connectivity index (χ2v) is 3.58. The predicted octanol–water partition coefficient (Wildman–Crippen LogP) is 1.99. The quantitative estimate of drug-likeness (QED) is 0.645. The molecule has 0 fully saturated rings. The van der Waals surface area contributed by atoms with Crippen LogP contribution in [0.2, 0.25) is 0 Å². The number of carbonyl (C=O) groups excluding carboxylic acids is 1. The lowest BCUT2D eigenvalue weighted by Crippen LogP contribution is -1.97. The van der Waals surface area contributed by atoms with E-state index in [0.29, 0.717) is 0 Å². The van der Waals surface area contributed by atoms with Crippen LogP contribution >= 0.6 is 0 Å². The molecule has 4 heteroatoms. The van der Waals surface area contributed by atoms with Gasteiger partial charge in [-0.3, -0.25) is 9.89 Å². The highest BCUT2D eigenvalue weighted by atomic mass is 16.5. The van der Waals surface area contributed by atoms with E-state index in [4.69, 9.17) is 0 Å². The summed E-state index contributed by atoms with van der Waals surface area (Å²) < 4.78 is 4.52. The van der Waals surface area contributed by atoms with Crippen molar-refractivity contribution < 1.29 is 9.53 Å². The molecule has 18 heavy (non-hydrogen) atoms. The highest BCUT2D eigenvalue weighted by Crippen LogP contribution is 2.19. The molecule has 0 saturated carbocycles. The fourth-order valence-corrected chi connectivity index (χ4v) is 1.49. The van der Waals surface area contributed by atoms with Crippen LogP contribution in [0.1, 0.15) is 12.0 Å². The zero-order valence-corrected chi connectivity index (χ0v) is 9.93. The number of nitrogens with zero attached hydrogens (tertiary/aromatic N) is 1. The summed E-state index contributed by atoms with van der Waals surface area (Å²) >= 11 is 0. The molecule has 0 aliphatic rings. The van der Waals surface area contributed by atoms with Crippen molar-refractivity contribution in [3.05, 3.63) is 42.1 Å². The van der Waals surface area contributed by atoms with E-state index in [1.807, 2.05) is 30.3 Å². The maximum absolute atomic E-state index is 10.9. The van der Waals surface area contributed by atoms with Gasteiger partial charge in [0.2, 0.25) is 0 Å². The van der Waals surface area contributed by atoms with Crippen LogP contribution in [0, 0.1) is 11.8 Å². The number of H-pyrrole nitrogens is 1. The van der Waals surface area contributed by atoms with Crippen LogP contribution in [0.4, 0.5) is 0 Å². The van der Waals surface area contributed by atoms with Crippen LogP contribution in [0.25, 0.3) is 11.3 Å². The van der Waals surface area contributed by atoms with Gasteiger partial charge in [0.25, 0.3) is 0 Å². The van der Waals surface area contributed by atoms with E-state index in [1.54, 1.807) is 6.20 Å². The molecule has 0 atom stereocenters. The minimum absolute atomic E-state index is 0.0793. The third-order valence-corrected chi connectivity index (χ3v) is 2.39. The van der Waals surface area contributed by atoms with Crippen LogP contribution in [-0.4, -0.2) is 23.3 Å². The van der Waals surface area contributed by atoms with Crippen LogP contribution in [0.3, 0.4) is 0 Å². The third-order valence-electron chi connectivity index (χ3n) is 2.39. The molecule has 0 saturated heterocycles. The van der Waals surface area contributed by atoms with Crippen molar-refractivity contribution in [3.8, 4) is 23.1 Å². The predicted molar refractivity (Wildman–Crippen MR) is 67.5 cm³/mol. The topological polar surface area (TPSA) is 55.0 Å². The first-order chi connectivity index (χ1) is 8.81. The molecular weight excluding hydrogens is 228 g/mol. The largest absolute Gasteiger partial charge is 0.468 e. The second kappa shape index (κ2) is 5.69. The first-order valence-corrected chi connectivity index (χ1v) is 5.45. The Hall–Kier alpha value is -2.54. The van der Waals surface area contributed by atoms with Gasteiger partial charge in [-0.05, 0) is 0 Å². The molecule has 1 N–H and O–H groups in total. The molecule has 1 heterocycles. The van der Waals surface area contributed by atoms with Gasteiger partial charge >= 0.3 is 5.97 Å². The molecule has 0 bridgehead atoms. The van der Waals surface area contributed by atoms with Gasteiger partial charge in [-0.2, -0.15) is 5.10 Å². The molecule has 0 aliphatic carbocycles. The summed E-state index contributed by atoms with van der Waals surface area (Å²) in [4.78, 5) is 10.9. The van der Waals surface area contributed by atoms with Gasteiger partial charge in [0.1, 0.15) is 6.42 Å². The van der Waals surface area contributed by atoms with Crippen LogP contribution in [0.15, 0.2) is 36.5 Å². The Morgan fingerprint density at radius 2 is 2.17 bits per heavy atom. The number of ether oxygens (including phenoxy) is 1. The number of hydrogen-bond acceptors (Lipinski definition) is 3. The molecule has 90 valence electrons.